The zero-order valence-corrected chi connectivity index (χ0v) is 14.8. The highest BCUT2D eigenvalue weighted by atomic mass is 16.5. The topological polar surface area (TPSA) is 101 Å². The third kappa shape index (κ3) is 4.58. The molecular formula is C20H20N2O5. The van der Waals surface area contributed by atoms with Gasteiger partial charge in [0.2, 0.25) is 0 Å². The van der Waals surface area contributed by atoms with Crippen LogP contribution in [0.5, 0.6) is 5.75 Å². The molecule has 3 N–H and O–H groups in total. The van der Waals surface area contributed by atoms with E-state index in [1.165, 1.54) is 0 Å². The number of aromatic nitrogens is 1. The number of hydrogen-bond donors (Lipinski definition) is 3. The van der Waals surface area contributed by atoms with Crippen molar-refractivity contribution in [2.24, 2.45) is 0 Å². The number of nitrogens with one attached hydrogen (secondary N) is 2. The molecule has 1 heterocycles. The molecule has 0 saturated heterocycles. The SMILES string of the molecule is COc1ccc2[nH]cc(C[C@H](NC(=O)OCc3ccccc3)C(=O)O)c2c1. The summed E-state index contributed by atoms with van der Waals surface area (Å²) in [6.45, 7) is 0.0727. The van der Waals surface area contributed by atoms with Crippen LogP contribution >= 0.6 is 0 Å². The number of aliphatic carboxylic acids is 1. The van der Waals surface area contributed by atoms with E-state index in [9.17, 15) is 14.7 Å². The third-order valence-electron chi connectivity index (χ3n) is 4.20. The summed E-state index contributed by atoms with van der Waals surface area (Å²) in [4.78, 5) is 26.7. The summed E-state index contributed by atoms with van der Waals surface area (Å²) in [6.07, 6.45) is 1.07. The maximum Gasteiger partial charge on any atom is 0.408 e. The first-order chi connectivity index (χ1) is 13.1. The van der Waals surface area contributed by atoms with Gasteiger partial charge >= 0.3 is 12.1 Å². The van der Waals surface area contributed by atoms with E-state index in [2.05, 4.69) is 10.3 Å². The van der Waals surface area contributed by atoms with Crippen molar-refractivity contribution in [2.75, 3.05) is 7.11 Å². The molecule has 140 valence electrons. The number of carbonyl (C=O) groups excluding carboxylic acids is 1. The van der Waals surface area contributed by atoms with Crippen LogP contribution in [0.3, 0.4) is 0 Å². The predicted octanol–water partition coefficient (Wildman–Crippen LogP) is 3.10. The minimum absolute atomic E-state index is 0.0727. The summed E-state index contributed by atoms with van der Waals surface area (Å²) in [5, 5.41) is 12.7. The summed E-state index contributed by atoms with van der Waals surface area (Å²) >= 11 is 0. The Labute approximate surface area is 155 Å². The summed E-state index contributed by atoms with van der Waals surface area (Å²) in [7, 11) is 1.57. The first-order valence-electron chi connectivity index (χ1n) is 8.41. The van der Waals surface area contributed by atoms with Gasteiger partial charge in [-0.25, -0.2) is 9.59 Å². The molecule has 1 amide bonds. The highest BCUT2D eigenvalue weighted by Gasteiger charge is 2.22. The van der Waals surface area contributed by atoms with E-state index in [0.717, 1.165) is 22.0 Å². The van der Waals surface area contributed by atoms with Gasteiger partial charge in [-0.3, -0.25) is 0 Å². The molecule has 0 aliphatic rings. The molecule has 1 aromatic heterocycles. The van der Waals surface area contributed by atoms with E-state index < -0.39 is 18.1 Å². The maximum atomic E-state index is 12.0. The fraction of sp³-hybridized carbons (Fsp3) is 0.200. The molecule has 1 atom stereocenters. The number of fused-ring (bicyclic) bond motifs is 1. The van der Waals surface area contributed by atoms with Crippen LogP contribution in [-0.4, -0.2) is 35.3 Å². The molecule has 0 radical (unpaired) electrons. The molecule has 3 rings (SSSR count). The number of hydrogen-bond acceptors (Lipinski definition) is 4. The summed E-state index contributed by atoms with van der Waals surface area (Å²) in [6, 6.07) is 13.6. The Balaban J connectivity index is 1.67. The number of alkyl carbamates (subject to hydrolysis) is 1. The van der Waals surface area contributed by atoms with Crippen molar-refractivity contribution in [3.8, 4) is 5.75 Å². The number of rotatable bonds is 7. The van der Waals surface area contributed by atoms with Gasteiger partial charge in [-0.15, -0.1) is 0 Å². The van der Waals surface area contributed by atoms with E-state index in [1.54, 1.807) is 13.3 Å². The minimum Gasteiger partial charge on any atom is -0.497 e. The Hall–Kier alpha value is -3.48. The van der Waals surface area contributed by atoms with Crippen molar-refractivity contribution < 1.29 is 24.2 Å². The van der Waals surface area contributed by atoms with Crippen LogP contribution in [0.1, 0.15) is 11.1 Å². The van der Waals surface area contributed by atoms with Crippen molar-refractivity contribution in [1.82, 2.24) is 10.3 Å². The lowest BCUT2D eigenvalue weighted by Crippen LogP contribution is -2.42. The van der Waals surface area contributed by atoms with Gasteiger partial charge in [0.1, 0.15) is 18.4 Å². The van der Waals surface area contributed by atoms with Crippen LogP contribution < -0.4 is 10.1 Å². The molecule has 0 aliphatic heterocycles. The van der Waals surface area contributed by atoms with Gasteiger partial charge in [-0.05, 0) is 29.3 Å². The normalized spacial score (nSPS) is 11.7. The zero-order valence-electron chi connectivity index (χ0n) is 14.8. The molecule has 0 fully saturated rings. The van der Waals surface area contributed by atoms with Gasteiger partial charge < -0.3 is 24.9 Å². The van der Waals surface area contributed by atoms with Gasteiger partial charge in [-0.2, -0.15) is 0 Å². The Kier molecular flexibility index (Phi) is 5.61. The maximum absolute atomic E-state index is 12.0. The lowest BCUT2D eigenvalue weighted by Gasteiger charge is -2.14. The third-order valence-corrected chi connectivity index (χ3v) is 4.20. The zero-order chi connectivity index (χ0) is 19.2. The number of carboxylic acids is 1. The van der Waals surface area contributed by atoms with E-state index in [1.807, 2.05) is 48.5 Å². The standard InChI is InChI=1S/C20H20N2O5/c1-26-15-7-8-17-16(10-15)14(11-21-17)9-18(19(23)24)22-20(25)27-12-13-5-3-2-4-6-13/h2-8,10-11,18,21H,9,12H2,1H3,(H,22,25)(H,23,24)/t18-/m0/s1. The summed E-state index contributed by atoms with van der Waals surface area (Å²) in [5.74, 6) is -0.464. The van der Waals surface area contributed by atoms with Gasteiger partial charge in [-0.1, -0.05) is 30.3 Å². The Morgan fingerprint density at radius 3 is 2.67 bits per heavy atom. The number of aromatic amines is 1. The van der Waals surface area contributed by atoms with Crippen molar-refractivity contribution in [3.05, 3.63) is 65.9 Å². The number of methoxy groups -OCH3 is 1. The number of benzene rings is 2. The van der Waals surface area contributed by atoms with Crippen LogP contribution in [0, 0.1) is 0 Å². The van der Waals surface area contributed by atoms with E-state index in [4.69, 9.17) is 9.47 Å². The summed E-state index contributed by atoms with van der Waals surface area (Å²) in [5.41, 5.74) is 2.45. The van der Waals surface area contributed by atoms with Gasteiger partial charge in [0, 0.05) is 23.5 Å². The second kappa shape index (κ2) is 8.27. The molecule has 7 heteroatoms. The molecule has 0 saturated carbocycles. The minimum atomic E-state index is -1.14. The molecular weight excluding hydrogens is 348 g/mol. The number of H-pyrrole nitrogens is 1. The molecule has 3 aromatic rings. The lowest BCUT2D eigenvalue weighted by molar-refractivity contribution is -0.139. The van der Waals surface area contributed by atoms with Gasteiger partial charge in [0.25, 0.3) is 0 Å². The quantitative estimate of drug-likeness (QED) is 0.595. The number of carbonyl (C=O) groups is 2. The van der Waals surface area contributed by atoms with E-state index in [0.29, 0.717) is 5.75 Å². The Morgan fingerprint density at radius 2 is 1.96 bits per heavy atom. The first-order valence-corrected chi connectivity index (χ1v) is 8.41. The number of carboxylic acid groups (broad SMARTS) is 1. The average molecular weight is 368 g/mol. The lowest BCUT2D eigenvalue weighted by atomic mass is 10.0. The van der Waals surface area contributed by atoms with E-state index in [-0.39, 0.29) is 13.0 Å². The molecule has 2 aromatic carbocycles. The Morgan fingerprint density at radius 1 is 1.19 bits per heavy atom. The first kappa shape index (κ1) is 18.3. The van der Waals surface area contributed by atoms with E-state index >= 15 is 0 Å². The second-order valence-corrected chi connectivity index (χ2v) is 6.03. The fourth-order valence-electron chi connectivity index (χ4n) is 2.78. The van der Waals surface area contributed by atoms with Crippen LogP contribution in [0.4, 0.5) is 4.79 Å². The van der Waals surface area contributed by atoms with Crippen molar-refractivity contribution in [2.45, 2.75) is 19.1 Å². The summed E-state index contributed by atoms with van der Waals surface area (Å²) < 4.78 is 10.3. The largest absolute Gasteiger partial charge is 0.497 e. The predicted molar refractivity (Wildman–Crippen MR) is 99.7 cm³/mol. The molecule has 27 heavy (non-hydrogen) atoms. The molecule has 7 nitrogen and oxygen atoms in total. The van der Waals surface area contributed by atoms with Crippen LogP contribution in [0.15, 0.2) is 54.7 Å². The van der Waals surface area contributed by atoms with Crippen LogP contribution in [-0.2, 0) is 22.6 Å². The van der Waals surface area contributed by atoms with Crippen molar-refractivity contribution in [3.63, 3.8) is 0 Å². The van der Waals surface area contributed by atoms with Gasteiger partial charge in [0.15, 0.2) is 0 Å². The number of ether oxygens (including phenoxy) is 2. The smallest absolute Gasteiger partial charge is 0.408 e. The molecule has 0 bridgehead atoms. The fourth-order valence-corrected chi connectivity index (χ4v) is 2.78. The van der Waals surface area contributed by atoms with Crippen molar-refractivity contribution >= 4 is 23.0 Å². The van der Waals surface area contributed by atoms with Gasteiger partial charge in [0.05, 0.1) is 7.11 Å². The Bertz CT molecular complexity index is 936. The molecule has 0 spiro atoms. The highest BCUT2D eigenvalue weighted by molar-refractivity contribution is 5.86. The second-order valence-electron chi connectivity index (χ2n) is 6.03. The van der Waals surface area contributed by atoms with Crippen LogP contribution in [0.2, 0.25) is 0 Å². The molecule has 0 aliphatic carbocycles. The number of amides is 1. The average Bonchev–Trinajstić information content (AvgIpc) is 3.08. The van der Waals surface area contributed by atoms with Crippen molar-refractivity contribution in [1.29, 1.82) is 0 Å². The molecule has 0 unspecified atom stereocenters. The van der Waals surface area contributed by atoms with Crippen LogP contribution in [0.25, 0.3) is 10.9 Å². The highest BCUT2D eigenvalue weighted by Crippen LogP contribution is 2.24. The monoisotopic (exact) mass is 368 g/mol.